The van der Waals surface area contributed by atoms with E-state index in [1.807, 2.05) is 0 Å². The molecule has 1 aliphatic carbocycles. The van der Waals surface area contributed by atoms with Gasteiger partial charge in [0, 0.05) is 24.6 Å². The normalized spacial score (nSPS) is 26.4. The van der Waals surface area contributed by atoms with Crippen LogP contribution in [0.1, 0.15) is 58.1 Å². The van der Waals surface area contributed by atoms with Gasteiger partial charge in [0.15, 0.2) is 0 Å². The Kier molecular flexibility index (Phi) is 3.09. The minimum absolute atomic E-state index is 0.0745. The molecule has 1 heterocycles. The molecular formula is C17H25NO. The second kappa shape index (κ2) is 4.52. The smallest absolute Gasteiger partial charge is 0.124 e. The van der Waals surface area contributed by atoms with Crippen LogP contribution in [0.4, 0.5) is 0 Å². The van der Waals surface area contributed by atoms with Gasteiger partial charge in [-0.25, -0.2) is 0 Å². The zero-order valence-electron chi connectivity index (χ0n) is 12.3. The monoisotopic (exact) mass is 259 g/mol. The molecule has 1 fully saturated rings. The maximum absolute atomic E-state index is 6.08. The number of rotatable bonds is 4. The van der Waals surface area contributed by atoms with E-state index in [0.29, 0.717) is 11.5 Å². The number of fused-ring (bicyclic) bond motifs is 1. The molecular weight excluding hydrogens is 234 g/mol. The van der Waals surface area contributed by atoms with Crippen LogP contribution in [0.5, 0.6) is 5.75 Å². The van der Waals surface area contributed by atoms with Crippen LogP contribution < -0.4 is 10.1 Å². The van der Waals surface area contributed by atoms with Crippen molar-refractivity contribution in [1.82, 2.24) is 5.32 Å². The molecule has 0 spiro atoms. The highest BCUT2D eigenvalue weighted by Gasteiger charge is 2.42. The van der Waals surface area contributed by atoms with Crippen LogP contribution in [0.25, 0.3) is 0 Å². The fourth-order valence-corrected chi connectivity index (χ4v) is 3.16. The topological polar surface area (TPSA) is 21.3 Å². The fourth-order valence-electron chi connectivity index (χ4n) is 3.16. The van der Waals surface area contributed by atoms with E-state index in [-0.39, 0.29) is 5.60 Å². The summed E-state index contributed by atoms with van der Waals surface area (Å²) < 4.78 is 6.08. The van der Waals surface area contributed by atoms with Crippen molar-refractivity contribution in [1.29, 1.82) is 0 Å². The standard InChI is InChI=1S/C17H25NO/c1-4-17(9-10-17)12-18-14-11-16(2,3)19-15-8-6-5-7-13(14)15/h5-8,14,18H,4,9-12H2,1-3H3. The lowest BCUT2D eigenvalue weighted by Gasteiger charge is -2.38. The van der Waals surface area contributed by atoms with Crippen molar-refractivity contribution in [2.75, 3.05) is 6.54 Å². The quantitative estimate of drug-likeness (QED) is 0.880. The number of benzene rings is 1. The highest BCUT2D eigenvalue weighted by molar-refractivity contribution is 5.38. The van der Waals surface area contributed by atoms with Crippen LogP contribution in [0.2, 0.25) is 0 Å². The number of hydrogen-bond donors (Lipinski definition) is 1. The van der Waals surface area contributed by atoms with Gasteiger partial charge in [-0.3, -0.25) is 0 Å². The van der Waals surface area contributed by atoms with Crippen LogP contribution in [-0.4, -0.2) is 12.1 Å². The number of hydrogen-bond acceptors (Lipinski definition) is 2. The predicted molar refractivity (Wildman–Crippen MR) is 78.5 cm³/mol. The van der Waals surface area contributed by atoms with Crippen LogP contribution in [0, 0.1) is 5.41 Å². The third kappa shape index (κ3) is 2.64. The third-order valence-electron chi connectivity index (χ3n) is 4.81. The van der Waals surface area contributed by atoms with Crippen molar-refractivity contribution in [3.63, 3.8) is 0 Å². The van der Waals surface area contributed by atoms with Gasteiger partial charge in [0.1, 0.15) is 11.4 Å². The van der Waals surface area contributed by atoms with Crippen molar-refractivity contribution in [3.05, 3.63) is 29.8 Å². The molecule has 19 heavy (non-hydrogen) atoms. The lowest BCUT2D eigenvalue weighted by atomic mass is 9.89. The first-order valence-electron chi connectivity index (χ1n) is 7.55. The van der Waals surface area contributed by atoms with E-state index in [2.05, 4.69) is 50.4 Å². The predicted octanol–water partition coefficient (Wildman–Crippen LogP) is 4.07. The molecule has 0 radical (unpaired) electrons. The summed E-state index contributed by atoms with van der Waals surface area (Å²) in [5.41, 5.74) is 1.85. The SMILES string of the molecule is CCC1(CNC2CC(C)(C)Oc3ccccc32)CC1. The van der Waals surface area contributed by atoms with E-state index in [1.165, 1.54) is 24.8 Å². The van der Waals surface area contributed by atoms with Crippen molar-refractivity contribution in [2.45, 2.75) is 58.1 Å². The zero-order valence-corrected chi connectivity index (χ0v) is 12.3. The lowest BCUT2D eigenvalue weighted by Crippen LogP contribution is -2.40. The Bertz CT molecular complexity index is 462. The van der Waals surface area contributed by atoms with Crippen molar-refractivity contribution in [2.24, 2.45) is 5.41 Å². The fraction of sp³-hybridized carbons (Fsp3) is 0.647. The molecule has 2 nitrogen and oxygen atoms in total. The molecule has 1 N–H and O–H groups in total. The van der Waals surface area contributed by atoms with Gasteiger partial charge < -0.3 is 10.1 Å². The van der Waals surface area contributed by atoms with Gasteiger partial charge in [-0.1, -0.05) is 25.1 Å². The maximum atomic E-state index is 6.08. The Labute approximate surface area is 116 Å². The molecule has 1 aromatic rings. The minimum atomic E-state index is -0.0745. The summed E-state index contributed by atoms with van der Waals surface area (Å²) in [6.07, 6.45) is 5.13. The van der Waals surface area contributed by atoms with Gasteiger partial charge in [0.25, 0.3) is 0 Å². The molecule has 0 bridgehead atoms. The van der Waals surface area contributed by atoms with Gasteiger partial charge >= 0.3 is 0 Å². The van der Waals surface area contributed by atoms with E-state index >= 15 is 0 Å². The molecule has 3 rings (SSSR count). The van der Waals surface area contributed by atoms with Gasteiger partial charge in [-0.15, -0.1) is 0 Å². The molecule has 1 unspecified atom stereocenters. The summed E-state index contributed by atoms with van der Waals surface area (Å²) >= 11 is 0. The van der Waals surface area contributed by atoms with Crippen molar-refractivity contribution < 1.29 is 4.74 Å². The Morgan fingerprint density at radius 1 is 1.26 bits per heavy atom. The zero-order chi connectivity index (χ0) is 13.5. The average Bonchev–Trinajstić information content (AvgIpc) is 3.15. The summed E-state index contributed by atoms with van der Waals surface area (Å²) in [4.78, 5) is 0. The summed E-state index contributed by atoms with van der Waals surface area (Å²) in [7, 11) is 0. The van der Waals surface area contributed by atoms with Crippen LogP contribution in [0.3, 0.4) is 0 Å². The molecule has 0 aromatic heterocycles. The van der Waals surface area contributed by atoms with E-state index in [9.17, 15) is 0 Å². The second-order valence-corrected chi connectivity index (χ2v) is 6.89. The first-order chi connectivity index (χ1) is 9.04. The van der Waals surface area contributed by atoms with E-state index in [1.54, 1.807) is 0 Å². The molecule has 2 heteroatoms. The Hall–Kier alpha value is -1.02. The largest absolute Gasteiger partial charge is 0.487 e. The molecule has 1 atom stereocenters. The number of nitrogens with one attached hydrogen (secondary N) is 1. The first kappa shape index (κ1) is 13.0. The van der Waals surface area contributed by atoms with Gasteiger partial charge in [-0.2, -0.15) is 0 Å². The molecule has 104 valence electrons. The molecule has 1 saturated carbocycles. The van der Waals surface area contributed by atoms with E-state index < -0.39 is 0 Å². The first-order valence-corrected chi connectivity index (χ1v) is 7.55. The summed E-state index contributed by atoms with van der Waals surface area (Å²) in [5, 5.41) is 3.81. The molecule has 1 aliphatic heterocycles. The Balaban J connectivity index is 1.77. The Morgan fingerprint density at radius 3 is 2.68 bits per heavy atom. The number of para-hydroxylation sites is 1. The molecule has 0 amide bonds. The van der Waals surface area contributed by atoms with Gasteiger partial charge in [-0.05, 0) is 44.6 Å². The summed E-state index contributed by atoms with van der Waals surface area (Å²) in [6.45, 7) is 7.84. The van der Waals surface area contributed by atoms with Crippen LogP contribution in [-0.2, 0) is 0 Å². The summed E-state index contributed by atoms with van der Waals surface area (Å²) in [5.74, 6) is 1.05. The van der Waals surface area contributed by atoms with Crippen molar-refractivity contribution in [3.8, 4) is 5.75 Å². The third-order valence-corrected chi connectivity index (χ3v) is 4.81. The van der Waals surface area contributed by atoms with Crippen LogP contribution >= 0.6 is 0 Å². The second-order valence-electron chi connectivity index (χ2n) is 6.89. The minimum Gasteiger partial charge on any atom is -0.487 e. The van der Waals surface area contributed by atoms with Crippen molar-refractivity contribution >= 4 is 0 Å². The Morgan fingerprint density at radius 2 is 2.00 bits per heavy atom. The van der Waals surface area contributed by atoms with Crippen LogP contribution in [0.15, 0.2) is 24.3 Å². The van der Waals surface area contributed by atoms with E-state index in [4.69, 9.17) is 4.74 Å². The molecule has 0 saturated heterocycles. The average molecular weight is 259 g/mol. The molecule has 1 aromatic carbocycles. The molecule has 2 aliphatic rings. The maximum Gasteiger partial charge on any atom is 0.124 e. The number of ether oxygens (including phenoxy) is 1. The van der Waals surface area contributed by atoms with Gasteiger partial charge in [0.05, 0.1) is 0 Å². The lowest BCUT2D eigenvalue weighted by molar-refractivity contribution is 0.0649. The van der Waals surface area contributed by atoms with E-state index in [0.717, 1.165) is 18.7 Å². The highest BCUT2D eigenvalue weighted by Crippen LogP contribution is 2.49. The summed E-state index contributed by atoms with van der Waals surface area (Å²) in [6, 6.07) is 8.91. The highest BCUT2D eigenvalue weighted by atomic mass is 16.5. The van der Waals surface area contributed by atoms with Gasteiger partial charge in [0.2, 0.25) is 0 Å².